The molecular weight excluding hydrogens is 260 g/mol. The van der Waals surface area contributed by atoms with Crippen LogP contribution in [0.4, 0.5) is 0 Å². The second-order valence-corrected chi connectivity index (χ2v) is 4.64. The van der Waals surface area contributed by atoms with Crippen LogP contribution in [-0.4, -0.2) is 30.4 Å². The van der Waals surface area contributed by atoms with Crippen LogP contribution in [0.1, 0.15) is 24.2 Å². The smallest absolute Gasteiger partial charge is 0.329 e. The molecule has 1 rings (SSSR count). The van der Waals surface area contributed by atoms with Gasteiger partial charge in [0.1, 0.15) is 6.04 Å². The number of rotatable bonds is 6. The lowest BCUT2D eigenvalue weighted by Crippen LogP contribution is -2.46. The molecule has 3 N–H and O–H groups in total. The summed E-state index contributed by atoms with van der Waals surface area (Å²) in [6, 6.07) is 7.69. The monoisotopic (exact) mass is 278 g/mol. The van der Waals surface area contributed by atoms with Gasteiger partial charge in [0, 0.05) is 5.56 Å². The number of benzene rings is 1. The zero-order valence-electron chi connectivity index (χ0n) is 11.5. The predicted octanol–water partition coefficient (Wildman–Crippen LogP) is 0.469. The summed E-state index contributed by atoms with van der Waals surface area (Å²) in [5, 5.41) is 2.59. The lowest BCUT2D eigenvalue weighted by molar-refractivity contribution is -0.150. The molecule has 1 aromatic carbocycles. The normalized spacial score (nSPS) is 11.8. The van der Waals surface area contributed by atoms with Crippen molar-refractivity contribution in [2.75, 3.05) is 6.61 Å². The second-order valence-electron chi connectivity index (χ2n) is 4.64. The van der Waals surface area contributed by atoms with Crippen LogP contribution in [0.2, 0.25) is 0 Å². The molecule has 0 saturated carbocycles. The van der Waals surface area contributed by atoms with Crippen molar-refractivity contribution in [2.24, 2.45) is 11.7 Å². The zero-order valence-corrected chi connectivity index (χ0v) is 11.5. The summed E-state index contributed by atoms with van der Waals surface area (Å²) in [6.45, 7) is 3.03. The molecule has 0 saturated heterocycles. The van der Waals surface area contributed by atoms with Gasteiger partial charge >= 0.3 is 5.97 Å². The molecule has 108 valence electrons. The number of nitrogens with one attached hydrogen (secondary N) is 1. The molecule has 0 unspecified atom stereocenters. The maximum absolute atomic E-state index is 12.0. The van der Waals surface area contributed by atoms with E-state index in [1.54, 1.807) is 44.2 Å². The quantitative estimate of drug-likeness (QED) is 0.739. The molecule has 1 atom stereocenters. The Bertz CT molecular complexity index is 485. The van der Waals surface area contributed by atoms with E-state index in [1.165, 1.54) is 0 Å². The number of hydrogen-bond donors (Lipinski definition) is 2. The molecule has 0 bridgehead atoms. The average molecular weight is 278 g/mol. The standard InChI is InChI=1S/C14H18N2O4/c1-9(2)12(14(19)20-8-11(15)17)16-13(18)10-6-4-3-5-7-10/h3-7,9,12H,8H2,1-2H3,(H2,15,17)(H,16,18)/t12-/m0/s1. The molecule has 0 aliphatic heterocycles. The molecule has 0 spiro atoms. The number of nitrogens with two attached hydrogens (primary N) is 1. The van der Waals surface area contributed by atoms with Gasteiger partial charge in [0.15, 0.2) is 6.61 Å². The fourth-order valence-corrected chi connectivity index (χ4v) is 1.54. The summed E-state index contributed by atoms with van der Waals surface area (Å²) in [5.74, 6) is -1.97. The van der Waals surface area contributed by atoms with E-state index in [2.05, 4.69) is 5.32 Å². The van der Waals surface area contributed by atoms with Crippen LogP contribution in [-0.2, 0) is 14.3 Å². The molecule has 0 aliphatic carbocycles. The van der Waals surface area contributed by atoms with Gasteiger partial charge in [-0.15, -0.1) is 0 Å². The highest BCUT2D eigenvalue weighted by atomic mass is 16.5. The molecular formula is C14H18N2O4. The van der Waals surface area contributed by atoms with Gasteiger partial charge in [0.25, 0.3) is 11.8 Å². The Hall–Kier alpha value is -2.37. The van der Waals surface area contributed by atoms with Crippen LogP contribution in [0.25, 0.3) is 0 Å². The van der Waals surface area contributed by atoms with E-state index in [0.29, 0.717) is 5.56 Å². The number of primary amides is 1. The van der Waals surface area contributed by atoms with Gasteiger partial charge in [-0.25, -0.2) is 4.79 Å². The molecule has 0 radical (unpaired) electrons. The SMILES string of the molecule is CC(C)[C@H](NC(=O)c1ccccc1)C(=O)OCC(N)=O. The molecule has 2 amide bonds. The van der Waals surface area contributed by atoms with E-state index >= 15 is 0 Å². The number of ether oxygens (including phenoxy) is 1. The Kier molecular flexibility index (Phi) is 5.71. The summed E-state index contributed by atoms with van der Waals surface area (Å²) in [5.41, 5.74) is 5.35. The van der Waals surface area contributed by atoms with Crippen LogP contribution in [0.15, 0.2) is 30.3 Å². The number of amides is 2. The highest BCUT2D eigenvalue weighted by Crippen LogP contribution is 2.06. The van der Waals surface area contributed by atoms with Crippen molar-refractivity contribution in [3.63, 3.8) is 0 Å². The fourth-order valence-electron chi connectivity index (χ4n) is 1.54. The Labute approximate surface area is 117 Å². The van der Waals surface area contributed by atoms with E-state index in [4.69, 9.17) is 10.5 Å². The Morgan fingerprint density at radius 3 is 2.30 bits per heavy atom. The van der Waals surface area contributed by atoms with Gasteiger partial charge in [-0.3, -0.25) is 9.59 Å². The molecule has 0 heterocycles. The van der Waals surface area contributed by atoms with Gasteiger partial charge < -0.3 is 15.8 Å². The van der Waals surface area contributed by atoms with Crippen LogP contribution >= 0.6 is 0 Å². The first kappa shape index (κ1) is 15.7. The average Bonchev–Trinajstić information content (AvgIpc) is 2.42. The number of carbonyl (C=O) groups excluding carboxylic acids is 3. The minimum absolute atomic E-state index is 0.178. The minimum Gasteiger partial charge on any atom is -0.454 e. The Morgan fingerprint density at radius 2 is 1.80 bits per heavy atom. The molecule has 0 fully saturated rings. The first-order valence-corrected chi connectivity index (χ1v) is 6.22. The Balaban J connectivity index is 2.70. The molecule has 0 aromatic heterocycles. The summed E-state index contributed by atoms with van der Waals surface area (Å²) >= 11 is 0. The van der Waals surface area contributed by atoms with Crippen LogP contribution < -0.4 is 11.1 Å². The van der Waals surface area contributed by atoms with Crippen LogP contribution in [0.3, 0.4) is 0 Å². The summed E-state index contributed by atoms with van der Waals surface area (Å²) in [7, 11) is 0. The maximum atomic E-state index is 12.0. The first-order chi connectivity index (χ1) is 9.41. The van der Waals surface area contributed by atoms with Crippen molar-refractivity contribution in [3.8, 4) is 0 Å². The predicted molar refractivity (Wildman–Crippen MR) is 72.7 cm³/mol. The van der Waals surface area contributed by atoms with E-state index in [9.17, 15) is 14.4 Å². The lowest BCUT2D eigenvalue weighted by atomic mass is 10.0. The third kappa shape index (κ3) is 4.72. The van der Waals surface area contributed by atoms with Gasteiger partial charge in [-0.2, -0.15) is 0 Å². The molecule has 0 aliphatic rings. The van der Waals surface area contributed by atoms with Crippen molar-refractivity contribution >= 4 is 17.8 Å². The summed E-state index contributed by atoms with van der Waals surface area (Å²) < 4.78 is 4.74. The summed E-state index contributed by atoms with van der Waals surface area (Å²) in [6.07, 6.45) is 0. The van der Waals surface area contributed by atoms with Crippen molar-refractivity contribution in [2.45, 2.75) is 19.9 Å². The Morgan fingerprint density at radius 1 is 1.20 bits per heavy atom. The second kappa shape index (κ2) is 7.28. The maximum Gasteiger partial charge on any atom is 0.329 e. The topological polar surface area (TPSA) is 98.5 Å². The zero-order chi connectivity index (χ0) is 15.1. The molecule has 20 heavy (non-hydrogen) atoms. The van der Waals surface area contributed by atoms with Gasteiger partial charge in [0.05, 0.1) is 0 Å². The van der Waals surface area contributed by atoms with Gasteiger partial charge in [-0.1, -0.05) is 32.0 Å². The first-order valence-electron chi connectivity index (χ1n) is 6.22. The summed E-state index contributed by atoms with van der Waals surface area (Å²) in [4.78, 5) is 34.4. The van der Waals surface area contributed by atoms with Gasteiger partial charge in [-0.05, 0) is 18.1 Å². The van der Waals surface area contributed by atoms with Crippen molar-refractivity contribution in [1.82, 2.24) is 5.32 Å². The number of esters is 1. The largest absolute Gasteiger partial charge is 0.454 e. The van der Waals surface area contributed by atoms with E-state index < -0.39 is 24.5 Å². The number of carbonyl (C=O) groups is 3. The third-order valence-electron chi connectivity index (χ3n) is 2.60. The van der Waals surface area contributed by atoms with Crippen LogP contribution in [0, 0.1) is 5.92 Å². The van der Waals surface area contributed by atoms with Gasteiger partial charge in [0.2, 0.25) is 0 Å². The van der Waals surface area contributed by atoms with Crippen molar-refractivity contribution in [3.05, 3.63) is 35.9 Å². The highest BCUT2D eigenvalue weighted by Gasteiger charge is 2.26. The fraction of sp³-hybridized carbons (Fsp3) is 0.357. The van der Waals surface area contributed by atoms with E-state index in [1.807, 2.05) is 0 Å². The molecule has 6 heteroatoms. The third-order valence-corrected chi connectivity index (χ3v) is 2.60. The van der Waals surface area contributed by atoms with Crippen LogP contribution in [0.5, 0.6) is 0 Å². The molecule has 6 nitrogen and oxygen atoms in total. The lowest BCUT2D eigenvalue weighted by Gasteiger charge is -2.20. The van der Waals surface area contributed by atoms with E-state index in [0.717, 1.165) is 0 Å². The minimum atomic E-state index is -0.831. The van der Waals surface area contributed by atoms with Crippen molar-refractivity contribution < 1.29 is 19.1 Å². The highest BCUT2D eigenvalue weighted by molar-refractivity contribution is 5.97. The molecule has 1 aromatic rings. The number of hydrogen-bond acceptors (Lipinski definition) is 4. The van der Waals surface area contributed by atoms with E-state index in [-0.39, 0.29) is 11.8 Å². The van der Waals surface area contributed by atoms with Crippen molar-refractivity contribution in [1.29, 1.82) is 0 Å².